The summed E-state index contributed by atoms with van der Waals surface area (Å²) < 4.78 is 53.8. The summed E-state index contributed by atoms with van der Waals surface area (Å²) >= 11 is 0. The molecule has 3 aromatic rings. The second kappa shape index (κ2) is 11.8. The number of amides is 1. The number of likely N-dealkylation sites (N-methyl/N-ethyl adjacent to an activating group) is 1. The lowest BCUT2D eigenvalue weighted by atomic mass is 10.1. The number of aromatic nitrogens is 2. The molecule has 1 aromatic heterocycles. The molecule has 6 rings (SSSR count). The SMILES string of the molecule is CCN1CCN(c2ccc(Nc3ncc(C(F)(F)F)c(Nc4cccc5c4C(=O)N4CCCC4CO5)n3)c(OC)c2)CC1. The van der Waals surface area contributed by atoms with Crippen molar-refractivity contribution in [3.63, 3.8) is 0 Å². The molecule has 43 heavy (non-hydrogen) atoms. The number of rotatable bonds is 7. The Morgan fingerprint density at radius 3 is 2.63 bits per heavy atom. The highest BCUT2D eigenvalue weighted by molar-refractivity contribution is 6.03. The van der Waals surface area contributed by atoms with Crippen molar-refractivity contribution in [1.82, 2.24) is 19.8 Å². The van der Waals surface area contributed by atoms with Gasteiger partial charge < -0.3 is 34.8 Å². The fraction of sp³-hybridized carbons (Fsp3) is 0.433. The molecule has 4 heterocycles. The Morgan fingerprint density at radius 1 is 1.07 bits per heavy atom. The van der Waals surface area contributed by atoms with Crippen LogP contribution in [0.3, 0.4) is 0 Å². The summed E-state index contributed by atoms with van der Waals surface area (Å²) in [7, 11) is 1.53. The number of fused-ring (bicyclic) bond motifs is 2. The van der Waals surface area contributed by atoms with E-state index in [-0.39, 0.29) is 29.1 Å². The topological polar surface area (TPSA) is 95.1 Å². The number of hydrogen-bond donors (Lipinski definition) is 2. The Hall–Kier alpha value is -4.26. The molecule has 1 atom stereocenters. The van der Waals surface area contributed by atoms with Gasteiger partial charge in [0.15, 0.2) is 0 Å². The van der Waals surface area contributed by atoms with Crippen molar-refractivity contribution >= 4 is 34.7 Å². The average Bonchev–Trinajstić information content (AvgIpc) is 3.43. The van der Waals surface area contributed by atoms with Crippen LogP contribution in [0.1, 0.15) is 35.7 Å². The molecule has 0 spiro atoms. The smallest absolute Gasteiger partial charge is 0.421 e. The lowest BCUT2D eigenvalue weighted by molar-refractivity contribution is -0.137. The monoisotopic (exact) mass is 597 g/mol. The summed E-state index contributed by atoms with van der Waals surface area (Å²) in [5.41, 5.74) is 0.790. The molecule has 10 nitrogen and oxygen atoms in total. The summed E-state index contributed by atoms with van der Waals surface area (Å²) in [6.07, 6.45) is -2.35. The number of halogens is 3. The predicted molar refractivity (Wildman–Crippen MR) is 157 cm³/mol. The molecule has 0 bridgehead atoms. The minimum Gasteiger partial charge on any atom is -0.494 e. The van der Waals surface area contributed by atoms with Crippen LogP contribution >= 0.6 is 0 Å². The third-order valence-electron chi connectivity index (χ3n) is 8.27. The third-order valence-corrected chi connectivity index (χ3v) is 8.27. The second-order valence-electron chi connectivity index (χ2n) is 10.8. The first-order valence-electron chi connectivity index (χ1n) is 14.5. The third kappa shape index (κ3) is 5.85. The number of ether oxygens (including phenoxy) is 2. The molecule has 3 aliphatic rings. The number of methoxy groups -OCH3 is 1. The van der Waals surface area contributed by atoms with Gasteiger partial charge in [-0.05, 0) is 43.7 Å². The molecular weight excluding hydrogens is 563 g/mol. The van der Waals surface area contributed by atoms with Crippen molar-refractivity contribution in [3.8, 4) is 11.5 Å². The largest absolute Gasteiger partial charge is 0.494 e. The van der Waals surface area contributed by atoms with E-state index in [1.54, 1.807) is 29.2 Å². The maximum Gasteiger partial charge on any atom is 0.421 e. The Kier molecular flexibility index (Phi) is 7.91. The fourth-order valence-electron chi connectivity index (χ4n) is 5.88. The van der Waals surface area contributed by atoms with Gasteiger partial charge in [-0.25, -0.2) is 4.98 Å². The minimum absolute atomic E-state index is 0.0596. The molecule has 228 valence electrons. The molecule has 2 aromatic carbocycles. The number of benzene rings is 2. The quantitative estimate of drug-likeness (QED) is 0.384. The molecule has 0 radical (unpaired) electrons. The molecule has 0 aliphatic carbocycles. The zero-order valence-corrected chi connectivity index (χ0v) is 24.1. The highest BCUT2D eigenvalue weighted by Crippen LogP contribution is 2.40. The van der Waals surface area contributed by atoms with Gasteiger partial charge in [-0.1, -0.05) is 13.0 Å². The Balaban J connectivity index is 1.29. The first-order chi connectivity index (χ1) is 20.7. The van der Waals surface area contributed by atoms with Crippen molar-refractivity contribution in [3.05, 3.63) is 53.7 Å². The standard InChI is InChI=1S/C30H34F3N7O3/c1-3-38-12-14-39(15-13-38)19-9-10-22(25(16-19)42-2)36-29-34-17-21(30(31,32)33)27(37-29)35-23-7-4-8-24-26(23)28(41)40-11-5-6-20(40)18-43-24/h4,7-10,16-17,20H,3,5-6,11-15,18H2,1-2H3,(H2,34,35,36,37). The number of carbonyl (C=O) groups is 1. The van der Waals surface area contributed by atoms with Crippen molar-refractivity contribution in [2.24, 2.45) is 0 Å². The van der Waals surface area contributed by atoms with Gasteiger partial charge in [-0.2, -0.15) is 18.2 Å². The van der Waals surface area contributed by atoms with E-state index in [0.717, 1.165) is 57.4 Å². The van der Waals surface area contributed by atoms with Crippen molar-refractivity contribution < 1.29 is 27.4 Å². The van der Waals surface area contributed by atoms with Gasteiger partial charge in [0.1, 0.15) is 35.1 Å². The molecule has 1 amide bonds. The first-order valence-corrected chi connectivity index (χ1v) is 14.5. The van der Waals surface area contributed by atoms with Crippen LogP contribution in [0.15, 0.2) is 42.6 Å². The lowest BCUT2D eigenvalue weighted by Crippen LogP contribution is -2.46. The first kappa shape index (κ1) is 28.8. The van der Waals surface area contributed by atoms with Crippen LogP contribution in [0.5, 0.6) is 11.5 Å². The summed E-state index contributed by atoms with van der Waals surface area (Å²) in [6, 6.07) is 10.4. The van der Waals surface area contributed by atoms with Crippen molar-refractivity contribution in [2.75, 3.05) is 68.5 Å². The fourth-order valence-corrected chi connectivity index (χ4v) is 5.88. The van der Waals surface area contributed by atoms with Gasteiger partial charge in [0.25, 0.3) is 5.91 Å². The number of hydrogen-bond acceptors (Lipinski definition) is 9. The number of alkyl halides is 3. The number of carbonyl (C=O) groups excluding carboxylic acids is 1. The molecular formula is C30H34F3N7O3. The van der Waals surface area contributed by atoms with E-state index in [4.69, 9.17) is 9.47 Å². The number of nitrogens with zero attached hydrogens (tertiary/aromatic N) is 5. The summed E-state index contributed by atoms with van der Waals surface area (Å²) in [5.74, 6) is -0.00358. The van der Waals surface area contributed by atoms with Crippen LogP contribution in [0.25, 0.3) is 0 Å². The lowest BCUT2D eigenvalue weighted by Gasteiger charge is -2.35. The molecule has 1 unspecified atom stereocenters. The van der Waals surface area contributed by atoms with Gasteiger partial charge in [0.05, 0.1) is 24.5 Å². The van der Waals surface area contributed by atoms with Gasteiger partial charge >= 0.3 is 6.18 Å². The van der Waals surface area contributed by atoms with E-state index in [1.165, 1.54) is 7.11 Å². The summed E-state index contributed by atoms with van der Waals surface area (Å²) in [4.78, 5) is 28.0. The molecule has 3 aliphatic heterocycles. The minimum atomic E-state index is -4.74. The van der Waals surface area contributed by atoms with Crippen LogP contribution in [-0.2, 0) is 6.18 Å². The molecule has 2 N–H and O–H groups in total. The Morgan fingerprint density at radius 2 is 1.88 bits per heavy atom. The summed E-state index contributed by atoms with van der Waals surface area (Å²) in [5, 5.41) is 5.78. The van der Waals surface area contributed by atoms with E-state index in [9.17, 15) is 18.0 Å². The van der Waals surface area contributed by atoms with Crippen molar-refractivity contribution in [2.45, 2.75) is 32.0 Å². The van der Waals surface area contributed by atoms with Crippen LogP contribution in [-0.4, -0.2) is 84.7 Å². The van der Waals surface area contributed by atoms with E-state index in [2.05, 4.69) is 37.3 Å². The summed E-state index contributed by atoms with van der Waals surface area (Å²) in [6.45, 7) is 7.78. The van der Waals surface area contributed by atoms with E-state index in [0.29, 0.717) is 30.3 Å². The van der Waals surface area contributed by atoms with Crippen LogP contribution in [0, 0.1) is 0 Å². The van der Waals surface area contributed by atoms with Gasteiger partial charge in [-0.3, -0.25) is 4.79 Å². The Bertz CT molecular complexity index is 1490. The molecule has 2 saturated heterocycles. The highest BCUT2D eigenvalue weighted by atomic mass is 19.4. The number of anilines is 5. The van der Waals surface area contributed by atoms with Gasteiger partial charge in [0.2, 0.25) is 5.95 Å². The average molecular weight is 598 g/mol. The van der Waals surface area contributed by atoms with E-state index in [1.807, 2.05) is 12.1 Å². The maximum absolute atomic E-state index is 14.1. The molecule has 13 heteroatoms. The van der Waals surface area contributed by atoms with Crippen LogP contribution < -0.4 is 25.0 Å². The number of nitrogens with one attached hydrogen (secondary N) is 2. The maximum atomic E-state index is 14.1. The van der Waals surface area contributed by atoms with Crippen LogP contribution in [0.4, 0.5) is 42.0 Å². The van der Waals surface area contributed by atoms with Gasteiger partial charge in [-0.15, -0.1) is 0 Å². The number of piperazine rings is 1. The van der Waals surface area contributed by atoms with Crippen molar-refractivity contribution in [1.29, 1.82) is 0 Å². The van der Waals surface area contributed by atoms with E-state index < -0.39 is 17.6 Å². The predicted octanol–water partition coefficient (Wildman–Crippen LogP) is 5.13. The van der Waals surface area contributed by atoms with E-state index >= 15 is 0 Å². The normalized spacial score (nSPS) is 18.9. The zero-order chi connectivity index (χ0) is 30.1. The zero-order valence-electron chi connectivity index (χ0n) is 24.1. The molecule has 0 saturated carbocycles. The van der Waals surface area contributed by atoms with Crippen LogP contribution in [0.2, 0.25) is 0 Å². The van der Waals surface area contributed by atoms with Gasteiger partial charge in [0, 0.05) is 50.7 Å². The Labute approximate surface area is 247 Å². The highest BCUT2D eigenvalue weighted by Gasteiger charge is 2.38. The second-order valence-corrected chi connectivity index (χ2v) is 10.8. The molecule has 2 fully saturated rings.